The lowest BCUT2D eigenvalue weighted by Crippen LogP contribution is -2.32. The molecule has 8 nitrogen and oxygen atoms in total. The number of halogens is 4. The largest absolute Gasteiger partial charge is 0.417 e. The Morgan fingerprint density at radius 2 is 1.75 bits per heavy atom. The first kappa shape index (κ1) is 25.5. The lowest BCUT2D eigenvalue weighted by molar-refractivity contribution is -0.137. The topological polar surface area (TPSA) is 102 Å². The lowest BCUT2D eigenvalue weighted by atomic mass is 10.2. The van der Waals surface area contributed by atoms with E-state index in [9.17, 15) is 26.9 Å². The molecule has 2 aromatic heterocycles. The second kappa shape index (κ2) is 10.2. The van der Waals surface area contributed by atoms with Crippen LogP contribution in [0.5, 0.6) is 0 Å². The van der Waals surface area contributed by atoms with Crippen LogP contribution in [0.1, 0.15) is 17.5 Å². The van der Waals surface area contributed by atoms with Gasteiger partial charge < -0.3 is 9.80 Å². The average Bonchev–Trinajstić information content (AvgIpc) is 3.09. The van der Waals surface area contributed by atoms with E-state index in [2.05, 4.69) is 20.8 Å². The lowest BCUT2D eigenvalue weighted by Gasteiger charge is -2.24. The van der Waals surface area contributed by atoms with Crippen LogP contribution in [0.3, 0.4) is 0 Å². The first-order valence-electron chi connectivity index (χ1n) is 10.8. The molecule has 0 amide bonds. The van der Waals surface area contributed by atoms with Gasteiger partial charge in [-0.1, -0.05) is 17.7 Å². The van der Waals surface area contributed by atoms with Crippen LogP contribution in [-0.4, -0.2) is 44.6 Å². The van der Waals surface area contributed by atoms with E-state index in [-0.39, 0.29) is 21.2 Å². The van der Waals surface area contributed by atoms with Gasteiger partial charge in [-0.3, -0.25) is 4.72 Å². The van der Waals surface area contributed by atoms with Gasteiger partial charge in [0, 0.05) is 37.4 Å². The Kier molecular flexibility index (Phi) is 7.23. The van der Waals surface area contributed by atoms with Gasteiger partial charge in [0.05, 0.1) is 27.9 Å². The second-order valence-corrected chi connectivity index (χ2v) is 10.1. The minimum Gasteiger partial charge on any atom is -0.355 e. The molecule has 188 valence electrons. The monoisotopic (exact) mass is 536 g/mol. The highest BCUT2D eigenvalue weighted by Gasteiger charge is 2.31. The average molecular weight is 537 g/mol. The second-order valence-electron chi connectivity index (χ2n) is 8.00. The fraction of sp³-hybridized carbons (Fsp3) is 0.261. The number of sulfonamides is 1. The Morgan fingerprint density at radius 1 is 1.00 bits per heavy atom. The van der Waals surface area contributed by atoms with E-state index in [1.807, 2.05) is 9.80 Å². The van der Waals surface area contributed by atoms with Gasteiger partial charge in [-0.05, 0) is 42.8 Å². The van der Waals surface area contributed by atoms with Crippen molar-refractivity contribution >= 4 is 38.9 Å². The van der Waals surface area contributed by atoms with Crippen molar-refractivity contribution in [3.05, 3.63) is 71.0 Å². The summed E-state index contributed by atoms with van der Waals surface area (Å²) in [7, 11) is -3.94. The summed E-state index contributed by atoms with van der Waals surface area (Å²) in [5.74, 6) is 0.828. The van der Waals surface area contributed by atoms with E-state index in [0.29, 0.717) is 44.2 Å². The molecule has 3 aromatic rings. The van der Waals surface area contributed by atoms with E-state index in [0.717, 1.165) is 12.3 Å². The van der Waals surface area contributed by atoms with Crippen molar-refractivity contribution in [1.82, 2.24) is 9.97 Å². The molecule has 0 saturated carbocycles. The number of alkyl halides is 3. The number of rotatable bonds is 5. The van der Waals surface area contributed by atoms with Gasteiger partial charge in [-0.25, -0.2) is 18.4 Å². The minimum absolute atomic E-state index is 0.0259. The van der Waals surface area contributed by atoms with Crippen LogP contribution in [0.2, 0.25) is 5.02 Å². The molecular formula is C23H20ClF3N6O2S. The van der Waals surface area contributed by atoms with Crippen LogP contribution < -0.4 is 14.5 Å². The number of hydrogen-bond donors (Lipinski definition) is 1. The van der Waals surface area contributed by atoms with Crippen molar-refractivity contribution in [2.45, 2.75) is 17.5 Å². The third-order valence-corrected chi connectivity index (χ3v) is 7.15. The Bertz CT molecular complexity index is 1390. The van der Waals surface area contributed by atoms with Crippen molar-refractivity contribution in [2.24, 2.45) is 0 Å². The summed E-state index contributed by atoms with van der Waals surface area (Å²) in [4.78, 5) is 12.0. The van der Waals surface area contributed by atoms with E-state index < -0.39 is 21.8 Å². The Morgan fingerprint density at radius 3 is 2.42 bits per heavy atom. The van der Waals surface area contributed by atoms with E-state index in [1.165, 1.54) is 36.5 Å². The molecule has 36 heavy (non-hydrogen) atoms. The van der Waals surface area contributed by atoms with Crippen molar-refractivity contribution in [3.8, 4) is 6.07 Å². The highest BCUT2D eigenvalue weighted by molar-refractivity contribution is 7.92. The van der Waals surface area contributed by atoms with Crippen molar-refractivity contribution in [1.29, 1.82) is 5.26 Å². The molecule has 0 radical (unpaired) electrons. The fourth-order valence-electron chi connectivity index (χ4n) is 3.80. The van der Waals surface area contributed by atoms with Gasteiger partial charge in [0.25, 0.3) is 10.0 Å². The highest BCUT2D eigenvalue weighted by Crippen LogP contribution is 2.30. The zero-order valence-electron chi connectivity index (χ0n) is 18.7. The van der Waals surface area contributed by atoms with Crippen LogP contribution in [0.25, 0.3) is 0 Å². The first-order chi connectivity index (χ1) is 17.1. The maximum atomic E-state index is 12.8. The predicted octanol–water partition coefficient (Wildman–Crippen LogP) is 4.54. The highest BCUT2D eigenvalue weighted by atomic mass is 35.5. The molecule has 1 N–H and O–H groups in total. The summed E-state index contributed by atoms with van der Waals surface area (Å²) in [5, 5.41) is 9.96. The fourth-order valence-corrected chi connectivity index (χ4v) is 5.13. The molecule has 0 unspecified atom stereocenters. The molecule has 0 bridgehead atoms. The summed E-state index contributed by atoms with van der Waals surface area (Å²) in [5.41, 5.74) is -0.500. The zero-order valence-corrected chi connectivity index (χ0v) is 20.3. The number of nitriles is 1. The van der Waals surface area contributed by atoms with Crippen LogP contribution in [0, 0.1) is 11.3 Å². The van der Waals surface area contributed by atoms with Gasteiger partial charge in [-0.2, -0.15) is 18.4 Å². The van der Waals surface area contributed by atoms with Gasteiger partial charge in [0.2, 0.25) is 0 Å². The minimum atomic E-state index is -4.45. The number of anilines is 3. The normalized spacial score (nSPS) is 14.8. The molecule has 13 heteroatoms. The third kappa shape index (κ3) is 5.80. The Labute approximate surface area is 211 Å². The van der Waals surface area contributed by atoms with E-state index >= 15 is 0 Å². The van der Waals surface area contributed by atoms with Crippen LogP contribution in [-0.2, 0) is 16.2 Å². The third-order valence-electron chi connectivity index (χ3n) is 5.54. The van der Waals surface area contributed by atoms with Crippen molar-refractivity contribution in [3.63, 3.8) is 0 Å². The van der Waals surface area contributed by atoms with E-state index in [4.69, 9.17) is 11.6 Å². The van der Waals surface area contributed by atoms with Crippen LogP contribution in [0.15, 0.2) is 59.8 Å². The van der Waals surface area contributed by atoms with Crippen LogP contribution >= 0.6 is 11.6 Å². The number of nitrogens with zero attached hydrogens (tertiary/aromatic N) is 5. The molecule has 1 saturated heterocycles. The van der Waals surface area contributed by atoms with Crippen LogP contribution in [0.4, 0.5) is 30.5 Å². The van der Waals surface area contributed by atoms with Gasteiger partial charge in [-0.15, -0.1) is 0 Å². The molecule has 1 aliphatic heterocycles. The summed E-state index contributed by atoms with van der Waals surface area (Å²) < 4.78 is 66.2. The number of aromatic nitrogens is 2. The predicted molar refractivity (Wildman–Crippen MR) is 129 cm³/mol. The van der Waals surface area contributed by atoms with E-state index in [1.54, 1.807) is 6.07 Å². The molecule has 1 aromatic carbocycles. The van der Waals surface area contributed by atoms with Gasteiger partial charge in [0.15, 0.2) is 0 Å². The smallest absolute Gasteiger partial charge is 0.355 e. The number of nitrogens with one attached hydrogen (secondary N) is 1. The van der Waals surface area contributed by atoms with Crippen molar-refractivity contribution < 1.29 is 21.6 Å². The van der Waals surface area contributed by atoms with Gasteiger partial charge >= 0.3 is 6.18 Å². The maximum Gasteiger partial charge on any atom is 0.417 e. The summed E-state index contributed by atoms with van der Waals surface area (Å²) >= 11 is 5.89. The summed E-state index contributed by atoms with van der Waals surface area (Å²) in [6.07, 6.45) is -1.65. The molecule has 4 rings (SSSR count). The number of benzene rings is 1. The Hall–Kier alpha value is -3.56. The molecule has 0 spiro atoms. The van der Waals surface area contributed by atoms with Crippen molar-refractivity contribution in [2.75, 3.05) is 40.7 Å². The molecule has 0 atom stereocenters. The quantitative estimate of drug-likeness (QED) is 0.511. The molecule has 1 aliphatic rings. The molecule has 1 fully saturated rings. The summed E-state index contributed by atoms with van der Waals surface area (Å²) in [6.45, 7) is 2.01. The molecule has 0 aliphatic carbocycles. The number of pyridine rings is 2. The SMILES string of the molecule is N#Cc1cc(NS(=O)(=O)c2cccc(Cl)c2)cnc1N1CCCN(c2ccc(C(F)(F)F)cn2)CC1. The van der Waals surface area contributed by atoms with Gasteiger partial charge in [0.1, 0.15) is 17.7 Å². The standard InChI is InChI=1S/C23H20ClF3N6O2S/c24-18-3-1-4-20(12-18)36(34,35)31-19-11-16(13-28)22(30-15-19)33-8-2-7-32(9-10-33)21-6-5-17(14-29-21)23(25,26)27/h1,3-6,11-12,14-15,31H,2,7-10H2. The Balaban J connectivity index is 1.48. The maximum absolute atomic E-state index is 12.8. The zero-order chi connectivity index (χ0) is 25.9. The molecule has 3 heterocycles. The summed E-state index contributed by atoms with van der Waals surface area (Å²) in [6, 6.07) is 11.6. The molecular weight excluding hydrogens is 517 g/mol. The first-order valence-corrected chi connectivity index (χ1v) is 12.6. The number of hydrogen-bond acceptors (Lipinski definition) is 7.